The summed E-state index contributed by atoms with van der Waals surface area (Å²) in [7, 11) is 1.54. The quantitative estimate of drug-likeness (QED) is 0.882. The molecule has 1 fully saturated rings. The van der Waals surface area contributed by atoms with Crippen LogP contribution in [0.1, 0.15) is 11.1 Å². The maximum atomic E-state index is 13.7. The molecule has 128 valence electrons. The second kappa shape index (κ2) is 7.30. The highest BCUT2D eigenvalue weighted by Crippen LogP contribution is 2.35. The number of aliphatic hydroxyl groups is 1. The maximum Gasteiger partial charge on any atom is 0.123 e. The van der Waals surface area contributed by atoms with Crippen LogP contribution in [0.2, 0.25) is 0 Å². The SMILES string of the molecule is COc1ccc(F)cc1C[C@@](O)(c1ccccc1)[C@H]1CNCCO1. The van der Waals surface area contributed by atoms with Crippen molar-refractivity contribution in [3.05, 3.63) is 65.5 Å². The van der Waals surface area contributed by atoms with Crippen LogP contribution in [0.4, 0.5) is 4.39 Å². The molecule has 1 heterocycles. The van der Waals surface area contributed by atoms with Crippen molar-refractivity contribution in [1.82, 2.24) is 5.32 Å². The number of halogens is 1. The first-order chi connectivity index (χ1) is 11.6. The molecular formula is C19H22FNO3. The number of ether oxygens (including phenoxy) is 2. The topological polar surface area (TPSA) is 50.7 Å². The van der Waals surface area contributed by atoms with Crippen LogP contribution in [0, 0.1) is 5.82 Å². The van der Waals surface area contributed by atoms with Crippen molar-refractivity contribution in [2.45, 2.75) is 18.1 Å². The summed E-state index contributed by atoms with van der Waals surface area (Å²) in [6.45, 7) is 1.81. The molecule has 0 amide bonds. The Balaban J connectivity index is 2.00. The molecule has 0 saturated carbocycles. The summed E-state index contributed by atoms with van der Waals surface area (Å²) in [4.78, 5) is 0. The molecule has 1 saturated heterocycles. The molecule has 0 aliphatic carbocycles. The summed E-state index contributed by atoms with van der Waals surface area (Å²) >= 11 is 0. The van der Waals surface area contributed by atoms with Gasteiger partial charge in [0.05, 0.1) is 13.7 Å². The van der Waals surface area contributed by atoms with Crippen molar-refractivity contribution in [3.63, 3.8) is 0 Å². The Bertz CT molecular complexity index is 674. The molecule has 4 nitrogen and oxygen atoms in total. The first-order valence-corrected chi connectivity index (χ1v) is 8.06. The van der Waals surface area contributed by atoms with Crippen molar-refractivity contribution >= 4 is 0 Å². The second-order valence-corrected chi connectivity index (χ2v) is 5.99. The van der Waals surface area contributed by atoms with Crippen LogP contribution in [0.5, 0.6) is 5.75 Å². The molecule has 24 heavy (non-hydrogen) atoms. The Morgan fingerprint density at radius 2 is 2.08 bits per heavy atom. The molecule has 2 N–H and O–H groups in total. The predicted molar refractivity (Wildman–Crippen MR) is 89.6 cm³/mol. The minimum absolute atomic E-state index is 0.199. The maximum absolute atomic E-state index is 13.7. The zero-order valence-corrected chi connectivity index (χ0v) is 13.7. The van der Waals surface area contributed by atoms with Gasteiger partial charge in [0.15, 0.2) is 0 Å². The third kappa shape index (κ3) is 3.43. The lowest BCUT2D eigenvalue weighted by Crippen LogP contribution is -2.52. The van der Waals surface area contributed by atoms with Crippen molar-refractivity contribution in [2.75, 3.05) is 26.8 Å². The highest BCUT2D eigenvalue weighted by molar-refractivity contribution is 5.37. The van der Waals surface area contributed by atoms with E-state index < -0.39 is 11.7 Å². The Hall–Kier alpha value is -1.95. The standard InChI is InChI=1S/C19H22FNO3/c1-23-17-8-7-16(20)11-14(17)12-19(22,15-5-3-2-4-6-15)18-13-21-9-10-24-18/h2-8,11,18,21-22H,9-10,12-13H2,1H3/t18-,19-/m1/s1. The van der Waals surface area contributed by atoms with Gasteiger partial charge >= 0.3 is 0 Å². The summed E-state index contributed by atoms with van der Waals surface area (Å²) in [5.41, 5.74) is 0.0680. The van der Waals surface area contributed by atoms with Gasteiger partial charge in [-0.05, 0) is 23.8 Å². The van der Waals surface area contributed by atoms with Gasteiger partial charge in [0.1, 0.15) is 23.3 Å². The highest BCUT2D eigenvalue weighted by atomic mass is 19.1. The Morgan fingerprint density at radius 1 is 1.29 bits per heavy atom. The van der Waals surface area contributed by atoms with E-state index >= 15 is 0 Å². The lowest BCUT2D eigenvalue weighted by Gasteiger charge is -2.39. The summed E-state index contributed by atoms with van der Waals surface area (Å²) in [6, 6.07) is 13.7. The molecule has 3 rings (SSSR count). The van der Waals surface area contributed by atoms with E-state index in [9.17, 15) is 9.50 Å². The van der Waals surface area contributed by atoms with Crippen molar-refractivity contribution in [1.29, 1.82) is 0 Å². The van der Waals surface area contributed by atoms with Crippen molar-refractivity contribution in [2.24, 2.45) is 0 Å². The van der Waals surface area contributed by atoms with Gasteiger partial charge in [0.25, 0.3) is 0 Å². The number of hydrogen-bond acceptors (Lipinski definition) is 4. The van der Waals surface area contributed by atoms with Gasteiger partial charge in [-0.3, -0.25) is 0 Å². The summed E-state index contributed by atoms with van der Waals surface area (Å²) in [5.74, 6) is 0.193. The molecule has 0 unspecified atom stereocenters. The highest BCUT2D eigenvalue weighted by Gasteiger charge is 2.41. The van der Waals surface area contributed by atoms with Crippen LogP contribution >= 0.6 is 0 Å². The fraction of sp³-hybridized carbons (Fsp3) is 0.368. The van der Waals surface area contributed by atoms with Crippen LogP contribution in [0.15, 0.2) is 48.5 Å². The second-order valence-electron chi connectivity index (χ2n) is 5.99. The van der Waals surface area contributed by atoms with Gasteiger partial charge < -0.3 is 19.9 Å². The zero-order chi connectivity index (χ0) is 17.0. The van der Waals surface area contributed by atoms with Gasteiger partial charge in [-0.2, -0.15) is 0 Å². The average Bonchev–Trinajstić information content (AvgIpc) is 2.63. The average molecular weight is 331 g/mol. The number of morpholine rings is 1. The van der Waals surface area contributed by atoms with E-state index in [0.717, 1.165) is 12.1 Å². The monoisotopic (exact) mass is 331 g/mol. The lowest BCUT2D eigenvalue weighted by atomic mass is 9.81. The molecule has 0 spiro atoms. The van der Waals surface area contributed by atoms with E-state index in [-0.39, 0.29) is 12.2 Å². The van der Waals surface area contributed by atoms with E-state index in [4.69, 9.17) is 9.47 Å². The van der Waals surface area contributed by atoms with E-state index in [1.54, 1.807) is 6.07 Å². The molecule has 2 atom stereocenters. The minimum atomic E-state index is -1.28. The third-order valence-electron chi connectivity index (χ3n) is 4.44. The smallest absolute Gasteiger partial charge is 0.123 e. The Morgan fingerprint density at radius 3 is 2.75 bits per heavy atom. The summed E-state index contributed by atoms with van der Waals surface area (Å²) in [5, 5.41) is 14.8. The van der Waals surface area contributed by atoms with E-state index in [2.05, 4.69) is 5.32 Å². The van der Waals surface area contributed by atoms with E-state index in [1.165, 1.54) is 19.2 Å². The minimum Gasteiger partial charge on any atom is -0.496 e. The first-order valence-electron chi connectivity index (χ1n) is 8.06. The Labute approximate surface area is 141 Å². The Kier molecular flexibility index (Phi) is 5.14. The van der Waals surface area contributed by atoms with Gasteiger partial charge in [0, 0.05) is 25.1 Å². The van der Waals surface area contributed by atoms with Crippen molar-refractivity contribution in [3.8, 4) is 5.75 Å². The summed E-state index contributed by atoms with van der Waals surface area (Å²) < 4.78 is 24.9. The molecule has 0 aromatic heterocycles. The molecule has 5 heteroatoms. The molecule has 2 aromatic rings. The molecule has 0 radical (unpaired) electrons. The van der Waals surface area contributed by atoms with Crippen LogP contribution < -0.4 is 10.1 Å². The number of benzene rings is 2. The fourth-order valence-corrected chi connectivity index (χ4v) is 3.18. The number of hydrogen-bond donors (Lipinski definition) is 2. The van der Waals surface area contributed by atoms with Crippen LogP contribution in [0.3, 0.4) is 0 Å². The zero-order valence-electron chi connectivity index (χ0n) is 13.7. The molecular weight excluding hydrogens is 309 g/mol. The lowest BCUT2D eigenvalue weighted by molar-refractivity contribution is -0.124. The number of rotatable bonds is 5. The number of nitrogens with one attached hydrogen (secondary N) is 1. The molecule has 1 aliphatic heterocycles. The normalized spacial score (nSPS) is 20.4. The molecule has 2 aromatic carbocycles. The largest absolute Gasteiger partial charge is 0.496 e. The fourth-order valence-electron chi connectivity index (χ4n) is 3.18. The van der Waals surface area contributed by atoms with Gasteiger partial charge in [-0.1, -0.05) is 30.3 Å². The number of methoxy groups -OCH3 is 1. The van der Waals surface area contributed by atoms with Crippen molar-refractivity contribution < 1.29 is 19.0 Å². The van der Waals surface area contributed by atoms with Crippen LogP contribution in [-0.2, 0) is 16.8 Å². The summed E-state index contributed by atoms with van der Waals surface area (Å²) in [6.07, 6.45) is -0.230. The molecule has 1 aliphatic rings. The van der Waals surface area contributed by atoms with E-state index in [1.807, 2.05) is 30.3 Å². The predicted octanol–water partition coefficient (Wildman–Crippen LogP) is 2.25. The van der Waals surface area contributed by atoms with Gasteiger partial charge in [-0.25, -0.2) is 4.39 Å². The molecule has 0 bridgehead atoms. The third-order valence-corrected chi connectivity index (χ3v) is 4.44. The van der Waals surface area contributed by atoms with Gasteiger partial charge in [-0.15, -0.1) is 0 Å². The van der Waals surface area contributed by atoms with E-state index in [0.29, 0.717) is 24.5 Å². The van der Waals surface area contributed by atoms with Crippen LogP contribution in [-0.4, -0.2) is 38.0 Å². The first kappa shape index (κ1) is 16.9. The van der Waals surface area contributed by atoms with Crippen LogP contribution in [0.25, 0.3) is 0 Å². The van der Waals surface area contributed by atoms with Gasteiger partial charge in [0.2, 0.25) is 0 Å².